The van der Waals surface area contributed by atoms with Crippen LogP contribution in [0.15, 0.2) is 28.7 Å². The molecule has 1 heterocycles. The molecule has 1 aromatic carbocycles. The highest BCUT2D eigenvalue weighted by Crippen LogP contribution is 2.34. The van der Waals surface area contributed by atoms with Crippen molar-refractivity contribution in [3.05, 3.63) is 34.3 Å². The molecule has 2 rings (SSSR count). The first-order valence-corrected chi connectivity index (χ1v) is 7.29. The molecule has 0 bridgehead atoms. The van der Waals surface area contributed by atoms with Crippen molar-refractivity contribution in [2.75, 3.05) is 0 Å². The summed E-state index contributed by atoms with van der Waals surface area (Å²) in [5, 5.41) is 1.04. The number of alkyl halides is 3. The van der Waals surface area contributed by atoms with Crippen LogP contribution in [0.2, 0.25) is 0 Å². The molecule has 116 valence electrons. The predicted molar refractivity (Wildman–Crippen MR) is 76.4 cm³/mol. The fraction of sp³-hybridized carbons (Fsp3) is 0.500. The van der Waals surface area contributed by atoms with Gasteiger partial charge in [0.15, 0.2) is 0 Å². The second-order valence-corrected chi connectivity index (χ2v) is 6.70. The van der Waals surface area contributed by atoms with Crippen LogP contribution in [-0.4, -0.2) is 28.7 Å². The summed E-state index contributed by atoms with van der Waals surface area (Å²) in [5.41, 5.74) is 2.05. The van der Waals surface area contributed by atoms with E-state index < -0.39 is 17.8 Å². The van der Waals surface area contributed by atoms with Gasteiger partial charge < -0.3 is 0 Å². The average molecular weight is 365 g/mol. The van der Waals surface area contributed by atoms with Crippen LogP contribution in [0.3, 0.4) is 0 Å². The Labute approximate surface area is 129 Å². The Balaban J connectivity index is 2.27. The molecule has 1 aromatic rings. The largest absolute Gasteiger partial charge is 0.406 e. The highest BCUT2D eigenvalue weighted by molar-refractivity contribution is 9.10. The summed E-state index contributed by atoms with van der Waals surface area (Å²) in [4.78, 5) is 11.5. The highest BCUT2D eigenvalue weighted by atomic mass is 79.9. The first-order valence-electron chi connectivity index (χ1n) is 6.49. The maximum atomic E-state index is 13.4. The summed E-state index contributed by atoms with van der Waals surface area (Å²) >= 11 is 3.25. The minimum atomic E-state index is -4.43. The van der Waals surface area contributed by atoms with Crippen molar-refractivity contribution in [1.82, 2.24) is 10.4 Å². The van der Waals surface area contributed by atoms with Gasteiger partial charge in [-0.15, -0.1) is 0 Å². The molecule has 0 aromatic heterocycles. The summed E-state index contributed by atoms with van der Waals surface area (Å²) in [6.07, 6.45) is -4.58. The van der Waals surface area contributed by atoms with Gasteiger partial charge in [0.1, 0.15) is 6.04 Å². The van der Waals surface area contributed by atoms with E-state index in [0.29, 0.717) is 5.56 Å². The van der Waals surface area contributed by atoms with Gasteiger partial charge in [-0.1, -0.05) is 28.1 Å². The van der Waals surface area contributed by atoms with Crippen LogP contribution in [0.4, 0.5) is 13.2 Å². The first-order chi connectivity index (χ1) is 9.59. The molecule has 0 saturated carbocycles. The smallest absolute Gasteiger partial charge is 0.288 e. The van der Waals surface area contributed by atoms with E-state index in [1.54, 1.807) is 38.1 Å². The molecule has 3 nitrogen and oxygen atoms in total. The Bertz CT molecular complexity index is 528. The van der Waals surface area contributed by atoms with Crippen LogP contribution in [0.5, 0.6) is 0 Å². The lowest BCUT2D eigenvalue weighted by atomic mass is 9.97. The lowest BCUT2D eigenvalue weighted by Gasteiger charge is -2.37. The summed E-state index contributed by atoms with van der Waals surface area (Å²) in [7, 11) is 0. The fourth-order valence-electron chi connectivity index (χ4n) is 2.50. The summed E-state index contributed by atoms with van der Waals surface area (Å²) in [6.45, 7) is 3.26. The molecular formula is C14H16BrF3N2O. The number of amides is 1. The highest BCUT2D eigenvalue weighted by Gasteiger charge is 2.51. The quantitative estimate of drug-likeness (QED) is 0.890. The molecule has 1 N–H and O–H groups in total. The van der Waals surface area contributed by atoms with Gasteiger partial charge in [0.05, 0.1) is 0 Å². The van der Waals surface area contributed by atoms with E-state index in [1.807, 2.05) is 0 Å². The van der Waals surface area contributed by atoms with Crippen LogP contribution in [0, 0.1) is 0 Å². The maximum absolute atomic E-state index is 13.4. The third-order valence-electron chi connectivity index (χ3n) is 3.52. The number of carbonyl (C=O) groups is 1. The zero-order chi connectivity index (χ0) is 15.8. The van der Waals surface area contributed by atoms with Crippen molar-refractivity contribution in [2.24, 2.45) is 0 Å². The number of hydrogen-bond donors (Lipinski definition) is 1. The van der Waals surface area contributed by atoms with Crippen LogP contribution in [0.1, 0.15) is 25.8 Å². The first kappa shape index (κ1) is 16.3. The summed E-state index contributed by atoms with van der Waals surface area (Å²) < 4.78 is 41.0. The van der Waals surface area contributed by atoms with Crippen LogP contribution in [-0.2, 0) is 11.2 Å². The average Bonchev–Trinajstić information content (AvgIpc) is 2.60. The van der Waals surface area contributed by atoms with Crippen LogP contribution >= 0.6 is 15.9 Å². The SMILES string of the molecule is CC1(C)CC(=O)NN1C(Cc1ccc(Br)cc1)C(F)(F)F. The van der Waals surface area contributed by atoms with E-state index in [0.717, 1.165) is 9.48 Å². The zero-order valence-corrected chi connectivity index (χ0v) is 13.3. The Morgan fingerprint density at radius 3 is 2.33 bits per heavy atom. The molecule has 7 heteroatoms. The number of hydrazine groups is 1. The Kier molecular flexibility index (Phi) is 4.35. The van der Waals surface area contributed by atoms with E-state index in [2.05, 4.69) is 21.4 Å². The third kappa shape index (κ3) is 3.77. The number of hydrogen-bond acceptors (Lipinski definition) is 2. The number of nitrogens with zero attached hydrogens (tertiary/aromatic N) is 1. The van der Waals surface area contributed by atoms with E-state index in [9.17, 15) is 18.0 Å². The second-order valence-electron chi connectivity index (χ2n) is 5.78. The van der Waals surface area contributed by atoms with Crippen LogP contribution in [0.25, 0.3) is 0 Å². The Morgan fingerprint density at radius 2 is 1.90 bits per heavy atom. The minimum Gasteiger partial charge on any atom is -0.288 e. The number of halogens is 4. The summed E-state index contributed by atoms with van der Waals surface area (Å²) in [6, 6.07) is 4.95. The molecule has 1 unspecified atom stereocenters. The molecule has 1 saturated heterocycles. The molecule has 1 fully saturated rings. The lowest BCUT2D eigenvalue weighted by molar-refractivity contribution is -0.200. The van der Waals surface area contributed by atoms with Crippen molar-refractivity contribution in [1.29, 1.82) is 0 Å². The van der Waals surface area contributed by atoms with E-state index in [-0.39, 0.29) is 18.7 Å². The third-order valence-corrected chi connectivity index (χ3v) is 4.05. The van der Waals surface area contributed by atoms with Gasteiger partial charge in [0.2, 0.25) is 5.91 Å². The van der Waals surface area contributed by atoms with Gasteiger partial charge in [-0.25, -0.2) is 5.01 Å². The van der Waals surface area contributed by atoms with Gasteiger partial charge in [0, 0.05) is 16.4 Å². The van der Waals surface area contributed by atoms with Crippen molar-refractivity contribution in [3.63, 3.8) is 0 Å². The van der Waals surface area contributed by atoms with Gasteiger partial charge in [-0.05, 0) is 38.0 Å². The lowest BCUT2D eigenvalue weighted by Crippen LogP contribution is -2.57. The normalized spacial score (nSPS) is 20.4. The zero-order valence-electron chi connectivity index (χ0n) is 11.7. The number of rotatable bonds is 3. The Morgan fingerprint density at radius 1 is 1.33 bits per heavy atom. The van der Waals surface area contributed by atoms with Gasteiger partial charge in [-0.2, -0.15) is 13.2 Å². The molecular weight excluding hydrogens is 349 g/mol. The Hall–Kier alpha value is -1.08. The van der Waals surface area contributed by atoms with Crippen molar-refractivity contribution in [2.45, 2.75) is 44.4 Å². The van der Waals surface area contributed by atoms with Gasteiger partial charge in [0.25, 0.3) is 0 Å². The van der Waals surface area contributed by atoms with Crippen molar-refractivity contribution in [3.8, 4) is 0 Å². The van der Waals surface area contributed by atoms with Crippen LogP contribution < -0.4 is 5.43 Å². The van der Waals surface area contributed by atoms with Gasteiger partial charge >= 0.3 is 6.18 Å². The number of nitrogens with one attached hydrogen (secondary N) is 1. The van der Waals surface area contributed by atoms with E-state index >= 15 is 0 Å². The second kappa shape index (κ2) is 5.61. The van der Waals surface area contributed by atoms with E-state index in [1.165, 1.54) is 0 Å². The molecule has 1 aliphatic heterocycles. The molecule has 1 aliphatic rings. The molecule has 1 amide bonds. The molecule has 0 aliphatic carbocycles. The van der Waals surface area contributed by atoms with Crippen molar-refractivity contribution < 1.29 is 18.0 Å². The number of carbonyl (C=O) groups excluding carboxylic acids is 1. The molecule has 0 spiro atoms. The standard InChI is InChI=1S/C14H16BrF3N2O/c1-13(2)8-12(21)19-20(13)11(14(16,17)18)7-9-3-5-10(15)6-4-9/h3-6,11H,7-8H2,1-2H3,(H,19,21). The fourth-order valence-corrected chi connectivity index (χ4v) is 2.76. The summed E-state index contributed by atoms with van der Waals surface area (Å²) in [5.74, 6) is -0.384. The monoisotopic (exact) mass is 364 g/mol. The maximum Gasteiger partial charge on any atom is 0.406 e. The molecule has 1 atom stereocenters. The van der Waals surface area contributed by atoms with Crippen molar-refractivity contribution >= 4 is 21.8 Å². The topological polar surface area (TPSA) is 32.3 Å². The molecule has 0 radical (unpaired) electrons. The number of benzene rings is 1. The molecule has 21 heavy (non-hydrogen) atoms. The van der Waals surface area contributed by atoms with E-state index in [4.69, 9.17) is 0 Å². The van der Waals surface area contributed by atoms with Gasteiger partial charge in [-0.3, -0.25) is 10.2 Å². The minimum absolute atomic E-state index is 0.0555. The predicted octanol–water partition coefficient (Wildman–Crippen LogP) is 3.44.